The third kappa shape index (κ3) is 2.51. The van der Waals surface area contributed by atoms with Crippen molar-refractivity contribution in [2.45, 2.75) is 46.5 Å². The normalized spacial score (nSPS) is 11.4. The summed E-state index contributed by atoms with van der Waals surface area (Å²) < 4.78 is 12.7. The molecule has 0 N–H and O–H groups in total. The van der Waals surface area contributed by atoms with E-state index in [4.69, 9.17) is 0 Å². The van der Waals surface area contributed by atoms with Crippen molar-refractivity contribution in [3.05, 3.63) is 34.9 Å². The second kappa shape index (κ2) is 4.91. The lowest BCUT2D eigenvalue weighted by Crippen LogP contribution is -2.15. The quantitative estimate of drug-likeness (QED) is 0.735. The minimum Gasteiger partial charge on any atom is -0.293 e. The van der Waals surface area contributed by atoms with Gasteiger partial charge >= 0.3 is 0 Å². The summed E-state index contributed by atoms with van der Waals surface area (Å²) in [5.41, 5.74) is 3.93. The summed E-state index contributed by atoms with van der Waals surface area (Å²) in [6.07, 6.45) is 2.40. The van der Waals surface area contributed by atoms with Crippen LogP contribution in [0, 0.1) is 6.92 Å². The average Bonchev–Trinajstić information content (AvgIpc) is 2.26. The molecule has 94 valence electrons. The van der Waals surface area contributed by atoms with Crippen LogP contribution >= 0.6 is 0 Å². The van der Waals surface area contributed by atoms with Crippen molar-refractivity contribution in [2.24, 2.45) is 0 Å². The lowest BCUT2D eigenvalue weighted by molar-refractivity contribution is -0.00763. The Balaban J connectivity index is 3.63. The van der Waals surface area contributed by atoms with Gasteiger partial charge in [0.1, 0.15) is 0 Å². The zero-order chi connectivity index (χ0) is 13.2. The number of benzene rings is 1. The molecule has 2 heteroatoms. The van der Waals surface area contributed by atoms with Crippen molar-refractivity contribution in [3.63, 3.8) is 0 Å². The molecule has 0 bridgehead atoms. The average molecular weight is 236 g/mol. The summed E-state index contributed by atoms with van der Waals surface area (Å²) >= 11 is 0. The molecule has 1 aromatic rings. The topological polar surface area (TPSA) is 9.23 Å². The van der Waals surface area contributed by atoms with Gasteiger partial charge in [-0.15, -0.1) is 0 Å². The Morgan fingerprint density at radius 1 is 1.41 bits per heavy atom. The largest absolute Gasteiger partial charge is 0.293 e. The van der Waals surface area contributed by atoms with E-state index in [1.54, 1.807) is 6.08 Å². The van der Waals surface area contributed by atoms with Gasteiger partial charge in [0.2, 0.25) is 0 Å². The highest BCUT2D eigenvalue weighted by Gasteiger charge is 2.22. The Kier molecular flexibility index (Phi) is 3.97. The molecule has 0 aromatic heterocycles. The van der Waals surface area contributed by atoms with Gasteiger partial charge in [-0.2, -0.15) is 0 Å². The zero-order valence-corrected chi connectivity index (χ0v) is 11.4. The minimum absolute atomic E-state index is 0.0284. The molecule has 0 aliphatic heterocycles. The summed E-state index contributed by atoms with van der Waals surface area (Å²) in [6.45, 7) is 14.2. The van der Waals surface area contributed by atoms with Crippen LogP contribution in [0.1, 0.15) is 49.9 Å². The van der Waals surface area contributed by atoms with Crippen molar-refractivity contribution in [1.82, 2.24) is 0 Å². The Morgan fingerprint density at radius 3 is 2.35 bits per heavy atom. The maximum atomic E-state index is 12.7. The molecule has 0 saturated heterocycles. The molecule has 17 heavy (non-hydrogen) atoms. The highest BCUT2D eigenvalue weighted by atomic mass is 19.3. The van der Waals surface area contributed by atoms with Gasteiger partial charge < -0.3 is 0 Å². The monoisotopic (exact) mass is 236 g/mol. The first-order valence-electron chi connectivity index (χ1n) is 5.94. The van der Waals surface area contributed by atoms with E-state index in [9.17, 15) is 4.53 Å². The minimum atomic E-state index is 0.0284. The van der Waals surface area contributed by atoms with E-state index in [0.29, 0.717) is 5.75 Å². The fourth-order valence-electron chi connectivity index (χ4n) is 2.21. The Hall–Kier alpha value is -1.31. The molecule has 0 heterocycles. The summed E-state index contributed by atoms with van der Waals surface area (Å²) in [7, 11) is 0. The van der Waals surface area contributed by atoms with Crippen molar-refractivity contribution in [3.8, 4) is 5.75 Å². The molecule has 0 saturated carbocycles. The molecular formula is C15H21FO. The van der Waals surface area contributed by atoms with Gasteiger partial charge in [-0.3, -0.25) is 4.94 Å². The maximum Gasteiger partial charge on any atom is 0.182 e. The van der Waals surface area contributed by atoms with Crippen LogP contribution < -0.4 is 4.94 Å². The lowest BCUT2D eigenvalue weighted by atomic mass is 9.81. The third-order valence-electron chi connectivity index (χ3n) is 3.13. The van der Waals surface area contributed by atoms with Gasteiger partial charge in [0, 0.05) is 10.1 Å². The first-order valence-corrected chi connectivity index (χ1v) is 5.94. The first kappa shape index (κ1) is 13.8. The van der Waals surface area contributed by atoms with Crippen LogP contribution in [-0.4, -0.2) is 0 Å². The van der Waals surface area contributed by atoms with E-state index in [-0.39, 0.29) is 5.41 Å². The van der Waals surface area contributed by atoms with E-state index in [1.807, 2.05) is 19.9 Å². The Bertz CT molecular complexity index is 428. The lowest BCUT2D eigenvalue weighted by Gasteiger charge is -2.25. The molecular weight excluding hydrogens is 215 g/mol. The van der Waals surface area contributed by atoms with Crippen LogP contribution in [0.2, 0.25) is 0 Å². The van der Waals surface area contributed by atoms with Gasteiger partial charge in [0.15, 0.2) is 5.75 Å². The van der Waals surface area contributed by atoms with E-state index >= 15 is 0 Å². The summed E-state index contributed by atoms with van der Waals surface area (Å²) in [6, 6.07) is 2.04. The number of hydrogen-bond donors (Lipinski definition) is 0. The van der Waals surface area contributed by atoms with Crippen LogP contribution in [-0.2, 0) is 11.8 Å². The Labute approximate surface area is 103 Å². The van der Waals surface area contributed by atoms with E-state index in [1.165, 1.54) is 5.56 Å². The van der Waals surface area contributed by atoms with Gasteiger partial charge in [0.25, 0.3) is 0 Å². The van der Waals surface area contributed by atoms with Crippen LogP contribution in [0.5, 0.6) is 5.75 Å². The highest BCUT2D eigenvalue weighted by Crippen LogP contribution is 2.36. The molecule has 0 radical (unpaired) electrons. The maximum absolute atomic E-state index is 12.7. The number of aryl methyl sites for hydroxylation is 1. The number of rotatable bonds is 3. The van der Waals surface area contributed by atoms with E-state index in [2.05, 4.69) is 32.3 Å². The molecule has 0 aliphatic carbocycles. The summed E-state index contributed by atoms with van der Waals surface area (Å²) in [5.74, 6) is 0.313. The van der Waals surface area contributed by atoms with Gasteiger partial charge in [0.05, 0.1) is 0 Å². The molecule has 0 amide bonds. The SMILES string of the molecule is C=Cc1c(C)c(C(C)(C)C)cc(CC)c1OF. The van der Waals surface area contributed by atoms with Crippen LogP contribution in [0.4, 0.5) is 4.53 Å². The molecule has 1 aromatic carbocycles. The van der Waals surface area contributed by atoms with Crippen molar-refractivity contribution >= 4 is 6.08 Å². The smallest absolute Gasteiger partial charge is 0.182 e. The molecule has 0 fully saturated rings. The van der Waals surface area contributed by atoms with Crippen LogP contribution in [0.25, 0.3) is 6.08 Å². The zero-order valence-electron chi connectivity index (χ0n) is 11.4. The summed E-state index contributed by atoms with van der Waals surface area (Å²) in [5, 5.41) is 0. The number of hydrogen-bond acceptors (Lipinski definition) is 1. The van der Waals surface area contributed by atoms with Crippen molar-refractivity contribution < 1.29 is 9.47 Å². The predicted molar refractivity (Wildman–Crippen MR) is 71.1 cm³/mol. The van der Waals surface area contributed by atoms with E-state index in [0.717, 1.165) is 23.1 Å². The van der Waals surface area contributed by atoms with Crippen molar-refractivity contribution in [2.75, 3.05) is 0 Å². The van der Waals surface area contributed by atoms with Gasteiger partial charge in [-0.25, -0.2) is 0 Å². The first-order chi connectivity index (χ1) is 7.86. The van der Waals surface area contributed by atoms with Crippen molar-refractivity contribution in [1.29, 1.82) is 0 Å². The highest BCUT2D eigenvalue weighted by molar-refractivity contribution is 5.65. The van der Waals surface area contributed by atoms with Crippen LogP contribution in [0.3, 0.4) is 0 Å². The molecule has 0 unspecified atom stereocenters. The van der Waals surface area contributed by atoms with E-state index < -0.39 is 0 Å². The molecule has 0 spiro atoms. The standard InChI is InChI=1S/C15H21FO/c1-7-11-9-13(15(4,5)6)10(3)12(8-2)14(11)17-16/h8-9H,2,7H2,1,3-6H3. The second-order valence-corrected chi connectivity index (χ2v) is 5.34. The number of halogens is 1. The second-order valence-electron chi connectivity index (χ2n) is 5.34. The molecule has 1 rings (SSSR count). The fraction of sp³-hybridized carbons (Fsp3) is 0.467. The molecule has 0 aliphatic rings. The summed E-state index contributed by atoms with van der Waals surface area (Å²) in [4.78, 5) is 4.04. The fourth-order valence-corrected chi connectivity index (χ4v) is 2.21. The predicted octanol–water partition coefficient (Wildman–Crippen LogP) is 4.76. The molecule has 0 atom stereocenters. The van der Waals surface area contributed by atoms with Crippen LogP contribution in [0.15, 0.2) is 12.6 Å². The Morgan fingerprint density at radius 2 is 2.00 bits per heavy atom. The van der Waals surface area contributed by atoms with Gasteiger partial charge in [-0.1, -0.05) is 46.4 Å². The molecule has 1 nitrogen and oxygen atoms in total. The van der Waals surface area contributed by atoms with Gasteiger partial charge in [-0.05, 0) is 35.4 Å². The third-order valence-corrected chi connectivity index (χ3v) is 3.13.